The predicted octanol–water partition coefficient (Wildman–Crippen LogP) is 4.79. The molecule has 0 aliphatic rings. The summed E-state index contributed by atoms with van der Waals surface area (Å²) in [5, 5.41) is 5.87. The molecule has 0 bridgehead atoms. The molecule has 0 saturated heterocycles. The van der Waals surface area contributed by atoms with E-state index < -0.39 is 0 Å². The Morgan fingerprint density at radius 3 is 2.22 bits per heavy atom. The van der Waals surface area contributed by atoms with Crippen molar-refractivity contribution in [1.29, 1.82) is 0 Å². The smallest absolute Gasteiger partial charge is 0.257 e. The van der Waals surface area contributed by atoms with Crippen molar-refractivity contribution >= 4 is 34.8 Å². The molecule has 0 saturated carbocycles. The molecule has 0 heterocycles. The molecule has 2 N–H and O–H groups in total. The highest BCUT2D eigenvalue weighted by atomic mass is 32.1. The number of benzene rings is 2. The zero-order valence-electron chi connectivity index (χ0n) is 19.1. The average molecular weight is 456 g/mol. The number of hydrogen-bond acceptors (Lipinski definition) is 4. The van der Waals surface area contributed by atoms with E-state index in [-0.39, 0.29) is 16.9 Å². The van der Waals surface area contributed by atoms with Crippen LogP contribution in [-0.2, 0) is 11.2 Å². The van der Waals surface area contributed by atoms with Crippen molar-refractivity contribution in [3.8, 4) is 5.75 Å². The highest BCUT2D eigenvalue weighted by molar-refractivity contribution is 7.80. The number of nitrogens with one attached hydrogen (secondary N) is 2. The molecule has 0 spiro atoms. The van der Waals surface area contributed by atoms with Gasteiger partial charge in [0, 0.05) is 25.3 Å². The first-order valence-electron chi connectivity index (χ1n) is 11.0. The lowest BCUT2D eigenvalue weighted by Crippen LogP contribution is -2.34. The number of hydrogen-bond donors (Lipinski definition) is 2. The molecule has 2 amide bonds. The van der Waals surface area contributed by atoms with Gasteiger partial charge < -0.3 is 15.0 Å². The topological polar surface area (TPSA) is 70.7 Å². The molecule has 0 aliphatic carbocycles. The summed E-state index contributed by atoms with van der Waals surface area (Å²) >= 11 is 5.25. The Morgan fingerprint density at radius 2 is 1.59 bits per heavy atom. The third-order valence-electron chi connectivity index (χ3n) is 4.93. The molecular weight excluding hydrogens is 422 g/mol. The van der Waals surface area contributed by atoms with E-state index in [0.29, 0.717) is 18.6 Å². The van der Waals surface area contributed by atoms with E-state index >= 15 is 0 Å². The molecule has 0 atom stereocenters. The number of nitrogens with zero attached hydrogens (tertiary/aromatic N) is 1. The van der Waals surface area contributed by atoms with Gasteiger partial charge in [-0.2, -0.15) is 0 Å². The van der Waals surface area contributed by atoms with Crippen LogP contribution >= 0.6 is 12.2 Å². The highest BCUT2D eigenvalue weighted by Gasteiger charge is 2.09. The Balaban J connectivity index is 1.77. The summed E-state index contributed by atoms with van der Waals surface area (Å²) in [6, 6.07) is 14.4. The summed E-state index contributed by atoms with van der Waals surface area (Å²) in [5.41, 5.74) is 2.15. The van der Waals surface area contributed by atoms with Crippen LogP contribution < -0.4 is 15.4 Å². The summed E-state index contributed by atoms with van der Waals surface area (Å²) in [6.07, 6.45) is 6.30. The Kier molecular flexibility index (Phi) is 10.7. The summed E-state index contributed by atoms with van der Waals surface area (Å²) in [6.45, 7) is 2.89. The lowest BCUT2D eigenvalue weighted by atomic mass is 10.1. The maximum Gasteiger partial charge on any atom is 0.257 e. The lowest BCUT2D eigenvalue weighted by Gasteiger charge is -2.12. The first-order chi connectivity index (χ1) is 15.4. The molecule has 7 heteroatoms. The summed E-state index contributed by atoms with van der Waals surface area (Å²) in [7, 11) is 3.46. The van der Waals surface area contributed by atoms with Gasteiger partial charge in [0.2, 0.25) is 5.91 Å². The van der Waals surface area contributed by atoms with Crippen LogP contribution in [0.1, 0.15) is 54.9 Å². The fraction of sp³-hybridized carbons (Fsp3) is 0.400. The van der Waals surface area contributed by atoms with Gasteiger partial charge in [0.25, 0.3) is 5.91 Å². The number of anilines is 1. The van der Waals surface area contributed by atoms with Gasteiger partial charge in [-0.05, 0) is 60.6 Å². The van der Waals surface area contributed by atoms with Crippen LogP contribution in [0.3, 0.4) is 0 Å². The molecule has 2 aromatic rings. The average Bonchev–Trinajstić information content (AvgIpc) is 2.77. The van der Waals surface area contributed by atoms with Crippen LogP contribution in [-0.4, -0.2) is 42.5 Å². The second kappa shape index (κ2) is 13.5. The van der Waals surface area contributed by atoms with Gasteiger partial charge in [-0.15, -0.1) is 0 Å². The van der Waals surface area contributed by atoms with E-state index in [1.54, 1.807) is 43.3 Å². The Bertz CT molecular complexity index is 880. The summed E-state index contributed by atoms with van der Waals surface area (Å²) in [5.74, 6) is 0.504. The van der Waals surface area contributed by atoms with Crippen LogP contribution in [0, 0.1) is 0 Å². The number of rotatable bonds is 11. The standard InChI is InChI=1S/C25H33N3O3S/c1-4-5-6-7-8-17-31-22-15-11-20(12-16-22)24(30)27-25(32)26-21-13-9-19(10-14-21)18-23(29)28(2)3/h9-16H,4-8,17-18H2,1-3H3,(H2,26,27,30,32). The third-order valence-corrected chi connectivity index (χ3v) is 5.13. The first-order valence-corrected chi connectivity index (χ1v) is 11.4. The Hall–Kier alpha value is -2.93. The van der Waals surface area contributed by atoms with E-state index in [1.165, 1.54) is 25.7 Å². The van der Waals surface area contributed by atoms with E-state index in [2.05, 4.69) is 17.6 Å². The van der Waals surface area contributed by atoms with Gasteiger partial charge in [0.1, 0.15) is 5.75 Å². The number of unbranched alkanes of at least 4 members (excludes halogenated alkanes) is 4. The van der Waals surface area contributed by atoms with E-state index in [9.17, 15) is 9.59 Å². The first kappa shape index (κ1) is 25.3. The highest BCUT2D eigenvalue weighted by Crippen LogP contribution is 2.14. The van der Waals surface area contributed by atoms with Crippen LogP contribution in [0.15, 0.2) is 48.5 Å². The number of thiocarbonyl (C=S) groups is 1. The SMILES string of the molecule is CCCCCCCOc1ccc(C(=O)NC(=S)Nc2ccc(CC(=O)N(C)C)cc2)cc1. The van der Waals surface area contributed by atoms with Crippen molar-refractivity contribution in [3.63, 3.8) is 0 Å². The maximum absolute atomic E-state index is 12.4. The van der Waals surface area contributed by atoms with E-state index in [1.807, 2.05) is 24.3 Å². The van der Waals surface area contributed by atoms with Gasteiger partial charge >= 0.3 is 0 Å². The molecule has 2 aromatic carbocycles. The van der Waals surface area contributed by atoms with Crippen molar-refractivity contribution in [2.24, 2.45) is 0 Å². The van der Waals surface area contributed by atoms with Crippen LogP contribution in [0.25, 0.3) is 0 Å². The van der Waals surface area contributed by atoms with Gasteiger partial charge in [-0.1, -0.05) is 44.7 Å². The number of carbonyl (C=O) groups excluding carboxylic acids is 2. The molecule has 0 fully saturated rings. The van der Waals surface area contributed by atoms with Crippen molar-refractivity contribution in [2.75, 3.05) is 26.0 Å². The molecular formula is C25H33N3O3S. The minimum Gasteiger partial charge on any atom is -0.494 e. The van der Waals surface area contributed by atoms with Gasteiger partial charge in [0.15, 0.2) is 5.11 Å². The van der Waals surface area contributed by atoms with Gasteiger partial charge in [-0.3, -0.25) is 14.9 Å². The van der Waals surface area contributed by atoms with Crippen LogP contribution in [0.4, 0.5) is 5.69 Å². The second-order valence-corrected chi connectivity index (χ2v) is 8.27. The van der Waals surface area contributed by atoms with Crippen molar-refractivity contribution in [3.05, 3.63) is 59.7 Å². The molecule has 0 unspecified atom stereocenters. The monoisotopic (exact) mass is 455 g/mol. The summed E-state index contributed by atoms with van der Waals surface area (Å²) < 4.78 is 5.73. The van der Waals surface area contributed by atoms with Crippen molar-refractivity contribution in [1.82, 2.24) is 10.2 Å². The molecule has 2 rings (SSSR count). The Labute approximate surface area is 196 Å². The van der Waals surface area contributed by atoms with E-state index in [0.717, 1.165) is 23.4 Å². The minimum absolute atomic E-state index is 0.0388. The van der Waals surface area contributed by atoms with Crippen LogP contribution in [0.5, 0.6) is 5.75 Å². The number of ether oxygens (including phenoxy) is 1. The lowest BCUT2D eigenvalue weighted by molar-refractivity contribution is -0.127. The fourth-order valence-corrected chi connectivity index (χ4v) is 3.19. The molecule has 0 radical (unpaired) electrons. The summed E-state index contributed by atoms with van der Waals surface area (Å²) in [4.78, 5) is 25.8. The van der Waals surface area contributed by atoms with Gasteiger partial charge in [-0.25, -0.2) is 0 Å². The number of likely N-dealkylation sites (N-methyl/N-ethyl adjacent to an activating group) is 1. The quantitative estimate of drug-likeness (QED) is 0.376. The molecule has 0 aliphatic heterocycles. The molecule has 0 aromatic heterocycles. The van der Waals surface area contributed by atoms with Gasteiger partial charge in [0.05, 0.1) is 13.0 Å². The van der Waals surface area contributed by atoms with Crippen molar-refractivity contribution < 1.29 is 14.3 Å². The minimum atomic E-state index is -0.290. The Morgan fingerprint density at radius 1 is 0.938 bits per heavy atom. The number of amides is 2. The number of carbonyl (C=O) groups is 2. The maximum atomic E-state index is 12.4. The van der Waals surface area contributed by atoms with Crippen molar-refractivity contribution in [2.45, 2.75) is 45.4 Å². The molecule has 172 valence electrons. The van der Waals surface area contributed by atoms with E-state index in [4.69, 9.17) is 17.0 Å². The predicted molar refractivity (Wildman–Crippen MR) is 133 cm³/mol. The fourth-order valence-electron chi connectivity index (χ4n) is 2.97. The normalized spacial score (nSPS) is 10.3. The molecule has 6 nitrogen and oxygen atoms in total. The van der Waals surface area contributed by atoms with Crippen LogP contribution in [0.2, 0.25) is 0 Å². The largest absolute Gasteiger partial charge is 0.494 e. The third kappa shape index (κ3) is 9.06. The molecule has 32 heavy (non-hydrogen) atoms. The zero-order chi connectivity index (χ0) is 23.3. The zero-order valence-corrected chi connectivity index (χ0v) is 20.0. The second-order valence-electron chi connectivity index (χ2n) is 7.86.